The molecule has 2 N–H and O–H groups in total. The minimum atomic E-state index is -3.93. The lowest BCUT2D eigenvalue weighted by Gasteiger charge is -2.16. The molecule has 4 rings (SSSR count). The fraction of sp³-hybridized carbons (Fsp3) is 0.296. The Hall–Kier alpha value is -3.72. The maximum atomic E-state index is 12.4. The van der Waals surface area contributed by atoms with E-state index in [2.05, 4.69) is 21.5 Å². The number of imidazole rings is 1. The van der Waals surface area contributed by atoms with Crippen LogP contribution in [0.2, 0.25) is 0 Å². The highest BCUT2D eigenvalue weighted by Gasteiger charge is 2.19. The summed E-state index contributed by atoms with van der Waals surface area (Å²) in [5.41, 5.74) is 6.72. The minimum Gasteiger partial charge on any atom is -0.335 e. The maximum Gasteiger partial charge on any atom is 0.328 e. The Kier molecular flexibility index (Phi) is 7.12. The van der Waals surface area contributed by atoms with Gasteiger partial charge in [0.2, 0.25) is 0 Å². The topological polar surface area (TPSA) is 106 Å². The van der Waals surface area contributed by atoms with Crippen molar-refractivity contribution in [2.45, 2.75) is 58.4 Å². The molecular weight excluding hydrogens is 474 g/mol. The van der Waals surface area contributed by atoms with E-state index in [-0.39, 0.29) is 10.9 Å². The van der Waals surface area contributed by atoms with Crippen LogP contribution in [0.15, 0.2) is 59.5 Å². The molecule has 0 aliphatic rings. The Balaban J connectivity index is 1.45. The lowest BCUT2D eigenvalue weighted by molar-refractivity contribution is 0.242. The number of pyridine rings is 1. The average molecular weight is 506 g/mol. The molecule has 2 aromatic heterocycles. The van der Waals surface area contributed by atoms with Crippen molar-refractivity contribution < 1.29 is 13.2 Å². The SMILES string of the molecule is CCc1nc2c(C)cc(C)nc2n1-c1ccc(CC(C)NC(=O)NS(=O)(=O)c2ccc(C)cc2)cc1. The number of nitrogens with one attached hydrogen (secondary N) is 2. The van der Waals surface area contributed by atoms with Gasteiger partial charge in [-0.25, -0.2) is 27.9 Å². The van der Waals surface area contributed by atoms with Crippen molar-refractivity contribution in [1.82, 2.24) is 24.6 Å². The number of carbonyl (C=O) groups is 1. The summed E-state index contributed by atoms with van der Waals surface area (Å²) >= 11 is 0. The molecule has 2 aromatic carbocycles. The number of amides is 2. The Labute approximate surface area is 211 Å². The van der Waals surface area contributed by atoms with Crippen molar-refractivity contribution in [1.29, 1.82) is 0 Å². The van der Waals surface area contributed by atoms with Crippen LogP contribution in [-0.4, -0.2) is 35.0 Å². The lowest BCUT2D eigenvalue weighted by Crippen LogP contribution is -2.44. The first-order valence-electron chi connectivity index (χ1n) is 11.9. The van der Waals surface area contributed by atoms with E-state index in [1.807, 2.05) is 58.0 Å². The van der Waals surface area contributed by atoms with Gasteiger partial charge in [0.1, 0.15) is 11.3 Å². The van der Waals surface area contributed by atoms with Gasteiger partial charge in [0.25, 0.3) is 10.0 Å². The number of aryl methyl sites for hydroxylation is 4. The number of aromatic nitrogens is 3. The predicted octanol–water partition coefficient (Wildman–Crippen LogP) is 4.53. The molecular formula is C27H31N5O3S. The van der Waals surface area contributed by atoms with Gasteiger partial charge in [0, 0.05) is 23.8 Å². The zero-order chi connectivity index (χ0) is 26.0. The minimum absolute atomic E-state index is 0.0462. The summed E-state index contributed by atoms with van der Waals surface area (Å²) in [4.78, 5) is 21.9. The van der Waals surface area contributed by atoms with Gasteiger partial charge in [-0.2, -0.15) is 0 Å². The van der Waals surface area contributed by atoms with Gasteiger partial charge in [0.15, 0.2) is 5.65 Å². The van der Waals surface area contributed by atoms with Crippen LogP contribution >= 0.6 is 0 Å². The third-order valence-electron chi connectivity index (χ3n) is 5.99. The monoisotopic (exact) mass is 505 g/mol. The Morgan fingerprint density at radius 2 is 1.67 bits per heavy atom. The number of rotatable bonds is 7. The van der Waals surface area contributed by atoms with Crippen LogP contribution in [0.25, 0.3) is 16.9 Å². The summed E-state index contributed by atoms with van der Waals surface area (Å²) in [5, 5.41) is 2.71. The Morgan fingerprint density at radius 1 is 1.00 bits per heavy atom. The molecule has 0 aliphatic carbocycles. The summed E-state index contributed by atoms with van der Waals surface area (Å²) in [6, 6.07) is 15.4. The third-order valence-corrected chi connectivity index (χ3v) is 7.34. The van der Waals surface area contributed by atoms with Crippen molar-refractivity contribution >= 4 is 27.2 Å². The second kappa shape index (κ2) is 10.1. The molecule has 0 radical (unpaired) electrons. The Bertz CT molecular complexity index is 1510. The molecule has 4 aromatic rings. The maximum absolute atomic E-state index is 12.4. The van der Waals surface area contributed by atoms with E-state index in [0.29, 0.717) is 6.42 Å². The molecule has 8 nitrogen and oxygen atoms in total. The number of hydrogen-bond acceptors (Lipinski definition) is 5. The van der Waals surface area contributed by atoms with Crippen LogP contribution in [0.4, 0.5) is 4.79 Å². The summed E-state index contributed by atoms with van der Waals surface area (Å²) in [6.07, 6.45) is 1.32. The first kappa shape index (κ1) is 25.4. The third kappa shape index (κ3) is 5.41. The fourth-order valence-electron chi connectivity index (χ4n) is 4.25. The molecule has 2 amide bonds. The number of carbonyl (C=O) groups excluding carboxylic acids is 1. The van der Waals surface area contributed by atoms with Crippen LogP contribution in [0.3, 0.4) is 0 Å². The van der Waals surface area contributed by atoms with Crippen molar-refractivity contribution in [2.24, 2.45) is 0 Å². The van der Waals surface area contributed by atoms with Gasteiger partial charge in [-0.05, 0) is 75.6 Å². The zero-order valence-electron chi connectivity index (χ0n) is 21.2. The standard InChI is InChI=1S/C27H31N5O3S/c1-6-24-30-25-18(3)15-19(4)28-26(25)32(24)22-11-9-21(10-12-22)16-20(5)29-27(33)31-36(34,35)23-13-7-17(2)8-14-23/h7-15,20H,6,16H2,1-5H3,(H2,29,31,33). The van der Waals surface area contributed by atoms with Crippen LogP contribution in [0, 0.1) is 20.8 Å². The summed E-state index contributed by atoms with van der Waals surface area (Å²) in [6.45, 7) is 9.80. The van der Waals surface area contributed by atoms with E-state index in [4.69, 9.17) is 9.97 Å². The molecule has 0 saturated carbocycles. The number of hydrogen-bond donors (Lipinski definition) is 2. The quantitative estimate of drug-likeness (QED) is 0.384. The highest BCUT2D eigenvalue weighted by molar-refractivity contribution is 7.90. The van der Waals surface area contributed by atoms with E-state index in [9.17, 15) is 13.2 Å². The van der Waals surface area contributed by atoms with Gasteiger partial charge in [-0.15, -0.1) is 0 Å². The summed E-state index contributed by atoms with van der Waals surface area (Å²) < 4.78 is 29.1. The zero-order valence-corrected chi connectivity index (χ0v) is 22.0. The number of sulfonamides is 1. The first-order valence-corrected chi connectivity index (χ1v) is 13.4. The van der Waals surface area contributed by atoms with E-state index in [1.165, 1.54) is 12.1 Å². The second-order valence-electron chi connectivity index (χ2n) is 9.13. The molecule has 9 heteroatoms. The number of urea groups is 1. The summed E-state index contributed by atoms with van der Waals surface area (Å²) in [7, 11) is -3.93. The van der Waals surface area contributed by atoms with Gasteiger partial charge < -0.3 is 5.32 Å². The predicted molar refractivity (Wildman–Crippen MR) is 141 cm³/mol. The van der Waals surface area contributed by atoms with E-state index >= 15 is 0 Å². The van der Waals surface area contributed by atoms with Crippen molar-refractivity contribution in [2.75, 3.05) is 0 Å². The molecule has 36 heavy (non-hydrogen) atoms. The van der Waals surface area contributed by atoms with Crippen LogP contribution in [0.1, 0.15) is 42.1 Å². The van der Waals surface area contributed by atoms with E-state index in [1.54, 1.807) is 12.1 Å². The normalized spacial score (nSPS) is 12.5. The van der Waals surface area contributed by atoms with E-state index < -0.39 is 16.1 Å². The molecule has 0 spiro atoms. The fourth-order valence-corrected chi connectivity index (χ4v) is 5.17. The lowest BCUT2D eigenvalue weighted by atomic mass is 10.1. The highest BCUT2D eigenvalue weighted by Crippen LogP contribution is 2.24. The van der Waals surface area contributed by atoms with Crippen LogP contribution in [0.5, 0.6) is 0 Å². The largest absolute Gasteiger partial charge is 0.335 e. The van der Waals surface area contributed by atoms with Gasteiger partial charge in [-0.3, -0.25) is 4.57 Å². The second-order valence-corrected chi connectivity index (χ2v) is 10.8. The number of benzene rings is 2. The van der Waals surface area contributed by atoms with E-state index in [0.717, 1.165) is 51.5 Å². The number of fused-ring (bicyclic) bond motifs is 1. The van der Waals surface area contributed by atoms with Crippen LogP contribution in [-0.2, 0) is 22.9 Å². The highest BCUT2D eigenvalue weighted by atomic mass is 32.2. The first-order chi connectivity index (χ1) is 17.1. The molecule has 0 bridgehead atoms. The molecule has 0 fully saturated rings. The van der Waals surface area contributed by atoms with Crippen LogP contribution < -0.4 is 10.0 Å². The summed E-state index contributed by atoms with van der Waals surface area (Å²) in [5.74, 6) is 0.945. The van der Waals surface area contributed by atoms with Crippen molar-refractivity contribution in [3.63, 3.8) is 0 Å². The van der Waals surface area contributed by atoms with Gasteiger partial charge >= 0.3 is 6.03 Å². The molecule has 188 valence electrons. The molecule has 1 atom stereocenters. The molecule has 0 saturated heterocycles. The van der Waals surface area contributed by atoms with Crippen molar-refractivity contribution in [3.8, 4) is 5.69 Å². The average Bonchev–Trinajstić information content (AvgIpc) is 3.18. The Morgan fingerprint density at radius 3 is 2.31 bits per heavy atom. The molecule has 2 heterocycles. The number of nitrogens with zero attached hydrogens (tertiary/aromatic N) is 3. The molecule has 0 aliphatic heterocycles. The van der Waals surface area contributed by atoms with Gasteiger partial charge in [0.05, 0.1) is 4.90 Å². The molecule has 1 unspecified atom stereocenters. The van der Waals surface area contributed by atoms with Gasteiger partial charge in [-0.1, -0.05) is 36.8 Å². The smallest absolute Gasteiger partial charge is 0.328 e. The van der Waals surface area contributed by atoms with Crippen molar-refractivity contribution in [3.05, 3.63) is 82.8 Å².